The summed E-state index contributed by atoms with van der Waals surface area (Å²) in [6.07, 6.45) is -7.51. The Hall–Kier alpha value is -2.46. The van der Waals surface area contributed by atoms with Crippen molar-refractivity contribution in [3.8, 4) is 5.75 Å². The summed E-state index contributed by atoms with van der Waals surface area (Å²) in [7, 11) is 0. The van der Waals surface area contributed by atoms with Gasteiger partial charge in [-0.05, 0) is 24.6 Å². The number of carboxylic acid groups (broad SMARTS) is 1. The number of ether oxygens (including phenoxy) is 2. The molecule has 1 aliphatic heterocycles. The molecule has 1 aromatic carbocycles. The molecular formula is C16H16O9. The number of hydrogen-bond acceptors (Lipinski definition) is 9. The van der Waals surface area contributed by atoms with E-state index >= 15 is 0 Å². The number of aryl methyl sites for hydroxylation is 1. The molecule has 4 N–H and O–H groups in total. The number of carbonyl (C=O) groups is 1. The number of aliphatic hydroxyl groups is 3. The lowest BCUT2D eigenvalue weighted by molar-refractivity contribution is -0.271. The van der Waals surface area contributed by atoms with E-state index in [-0.39, 0.29) is 11.3 Å². The maximum Gasteiger partial charge on any atom is 0.336 e. The second kappa shape index (κ2) is 6.45. The molecule has 0 saturated carbocycles. The number of benzene rings is 1. The van der Waals surface area contributed by atoms with E-state index in [1.54, 1.807) is 13.0 Å². The van der Waals surface area contributed by atoms with Gasteiger partial charge in [-0.2, -0.15) is 0 Å². The van der Waals surface area contributed by atoms with Gasteiger partial charge < -0.3 is 34.3 Å². The van der Waals surface area contributed by atoms with Gasteiger partial charge in [0.15, 0.2) is 6.10 Å². The van der Waals surface area contributed by atoms with Gasteiger partial charge in [0.2, 0.25) is 10.6 Å². The lowest BCUT2D eigenvalue weighted by Gasteiger charge is -2.38. The Balaban J connectivity index is 1.94. The van der Waals surface area contributed by atoms with Crippen molar-refractivity contribution in [2.75, 3.05) is 0 Å². The van der Waals surface area contributed by atoms with Crippen molar-refractivity contribution in [1.29, 1.82) is 5.72 Å². The Labute approximate surface area is 146 Å². The molecule has 9 heteroatoms. The van der Waals surface area contributed by atoms with E-state index in [2.05, 4.69) is 20.4 Å². The normalized spacial score (nSPS) is 31.5. The summed E-state index contributed by atoms with van der Waals surface area (Å²) < 4.78 is 44.4. The molecule has 2 heterocycles. The van der Waals surface area contributed by atoms with Crippen LogP contribution in [0.5, 0.6) is 5.75 Å². The molecule has 134 valence electrons. The van der Waals surface area contributed by atoms with Gasteiger partial charge in [-0.25, -0.2) is 9.59 Å². The molecule has 0 aliphatic carbocycles. The van der Waals surface area contributed by atoms with E-state index in [4.69, 9.17) is 19.6 Å². The second-order valence-corrected chi connectivity index (χ2v) is 5.66. The van der Waals surface area contributed by atoms with Gasteiger partial charge in [0, 0.05) is 17.5 Å². The highest BCUT2D eigenvalue weighted by Gasteiger charge is 2.48. The smallest absolute Gasteiger partial charge is 0.336 e. The van der Waals surface area contributed by atoms with Crippen LogP contribution < -0.4 is 10.4 Å². The number of hydrogen-bond donors (Lipinski definition) is 4. The van der Waals surface area contributed by atoms with Crippen LogP contribution in [-0.2, 0) is 9.53 Å². The average molecular weight is 356 g/mol. The Morgan fingerprint density at radius 3 is 2.72 bits per heavy atom. The number of carboxylic acids is 1. The zero-order valence-electron chi connectivity index (χ0n) is 16.9. The lowest BCUT2D eigenvalue weighted by atomic mass is 9.99. The Morgan fingerprint density at radius 2 is 2.00 bits per heavy atom. The minimum Gasteiger partial charge on any atom is -0.479 e. The lowest BCUT2D eigenvalue weighted by Crippen LogP contribution is -2.61. The van der Waals surface area contributed by atoms with E-state index in [0.29, 0.717) is 10.9 Å². The molecule has 5 atom stereocenters. The van der Waals surface area contributed by atoms with Crippen LogP contribution in [0.2, 0.25) is 0 Å². The highest BCUT2D eigenvalue weighted by Crippen LogP contribution is 2.27. The van der Waals surface area contributed by atoms with Gasteiger partial charge in [-0.3, -0.25) is 0 Å². The molecule has 1 saturated heterocycles. The van der Waals surface area contributed by atoms with Crippen LogP contribution in [0.3, 0.4) is 0 Å². The molecule has 1 fully saturated rings. The summed E-state index contributed by atoms with van der Waals surface area (Å²) in [5.41, 5.74) is 0.375. The summed E-state index contributed by atoms with van der Waals surface area (Å²) in [5, 5.41) is 17.9. The maximum atomic E-state index is 11.8. The topological polar surface area (TPSA) is 147 Å². The first-order valence-electron chi connectivity index (χ1n) is 8.96. The van der Waals surface area contributed by atoms with Crippen LogP contribution in [0.25, 0.3) is 12.4 Å². The number of fused-ring (bicyclic) bond motifs is 1. The maximum absolute atomic E-state index is 11.8. The second-order valence-electron chi connectivity index (χ2n) is 5.66. The first-order chi connectivity index (χ1) is 13.9. The third-order valence-corrected chi connectivity index (χ3v) is 3.90. The summed E-state index contributed by atoms with van der Waals surface area (Å²) in [6, 6.07) is 5.90. The Morgan fingerprint density at radius 1 is 1.20 bits per heavy atom. The summed E-state index contributed by atoms with van der Waals surface area (Å²) >= 11 is 0. The van der Waals surface area contributed by atoms with Crippen molar-refractivity contribution < 1.29 is 39.1 Å². The third-order valence-electron chi connectivity index (χ3n) is 3.90. The fraction of sp³-hybridized carbons (Fsp3) is 0.375. The van der Waals surface area contributed by atoms with Crippen molar-refractivity contribution in [3.05, 3.63) is 40.2 Å². The van der Waals surface area contributed by atoms with Crippen molar-refractivity contribution in [3.63, 3.8) is 0 Å². The van der Waals surface area contributed by atoms with Crippen LogP contribution >= 0.6 is 0 Å². The van der Waals surface area contributed by atoms with Gasteiger partial charge in [0.05, 0.1) is 0 Å². The standard InChI is InChI=1S/C16H16O9/c1-6-4-10(17)24-9-5-7(2-3-8(6)9)23-16-13(20)11(18)12(19)14(25-16)15(21)22/h2-5,11-14,16,18-20H,1H3,(H,21,22)/t11-,12-,13+,14-,16+/m0/s1/i18D,19D,20D/hD. The third kappa shape index (κ3) is 3.22. The number of aliphatic carboxylic acids is 1. The van der Waals surface area contributed by atoms with Crippen LogP contribution in [0.4, 0.5) is 0 Å². The van der Waals surface area contributed by atoms with Gasteiger partial charge in [0.1, 0.15) is 29.6 Å². The molecule has 0 bridgehead atoms. The summed E-state index contributed by atoms with van der Waals surface area (Å²) in [6.45, 7) is 1.74. The van der Waals surface area contributed by atoms with Crippen molar-refractivity contribution in [2.24, 2.45) is 0 Å². The minimum absolute atomic E-state index is 0.130. The number of rotatable bonds is 6. The van der Waals surface area contributed by atoms with Crippen LogP contribution in [-0.4, -0.2) is 61.4 Å². The molecule has 0 unspecified atom stereocenters. The predicted molar refractivity (Wildman–Crippen MR) is 82.2 cm³/mol. The van der Waals surface area contributed by atoms with E-state index in [9.17, 15) is 9.59 Å². The van der Waals surface area contributed by atoms with E-state index < -0.39 is 42.3 Å². The number of aliphatic hydroxyl groups excluding tert-OH is 3. The molecule has 1 aromatic heterocycles. The van der Waals surface area contributed by atoms with Gasteiger partial charge in [0.25, 0.3) is 1.43 Å². The molecular weight excluding hydrogens is 336 g/mol. The van der Waals surface area contributed by atoms with Gasteiger partial charge in [-0.1, -0.05) is 0 Å². The van der Waals surface area contributed by atoms with Crippen LogP contribution in [0, 0.1) is 6.92 Å². The molecule has 0 spiro atoms. The fourth-order valence-corrected chi connectivity index (χ4v) is 2.61. The summed E-state index contributed by atoms with van der Waals surface area (Å²) in [5.74, 6) is -1.09. The first kappa shape index (κ1) is 12.8. The van der Waals surface area contributed by atoms with Crippen LogP contribution in [0.15, 0.2) is 33.5 Å². The Kier molecular flexibility index (Phi) is 3.31. The van der Waals surface area contributed by atoms with Crippen LogP contribution in [0.1, 0.15) is 5.56 Å². The monoisotopic (exact) mass is 356 g/mol. The SMILES string of the molecule is [2H]OC(=O)[C@H]1O[C@@H](Oc2ccc3c(C)cc(=O)oc3c2)[C@H](O[2H])[C@@H](O[2H])[C@@H]1O[2H]. The van der Waals surface area contributed by atoms with Gasteiger partial charge in [-0.15, -0.1) is 0 Å². The molecule has 1 aliphatic rings. The molecule has 0 amide bonds. The van der Waals surface area contributed by atoms with Gasteiger partial charge >= 0.3 is 11.6 Å². The largest absolute Gasteiger partial charge is 0.479 e. The molecule has 9 nitrogen and oxygen atoms in total. The summed E-state index contributed by atoms with van der Waals surface area (Å²) in [4.78, 5) is 23.4. The van der Waals surface area contributed by atoms with Crippen molar-refractivity contribution in [1.82, 2.24) is 0 Å². The van der Waals surface area contributed by atoms with E-state index in [0.717, 1.165) is 0 Å². The minimum atomic E-state index is -1.66. The highest BCUT2D eigenvalue weighted by molar-refractivity contribution is 5.81. The molecule has 3 rings (SSSR count). The zero-order chi connectivity index (χ0) is 21.1. The average Bonchev–Trinajstić information content (AvgIpc) is 2.71. The first-order valence-corrected chi connectivity index (χ1v) is 7.33. The van der Waals surface area contributed by atoms with Crippen molar-refractivity contribution in [2.45, 2.75) is 37.6 Å². The molecule has 25 heavy (non-hydrogen) atoms. The van der Waals surface area contributed by atoms with E-state index in [1.807, 2.05) is 0 Å². The van der Waals surface area contributed by atoms with E-state index in [1.165, 1.54) is 18.2 Å². The predicted octanol–water partition coefficient (Wildman–Crippen LogP) is -0.628. The quantitative estimate of drug-likeness (QED) is 0.497. The molecule has 2 aromatic rings. The Bertz CT molecular complexity index is 936. The zero-order valence-corrected chi connectivity index (χ0v) is 12.9. The molecule has 0 radical (unpaired) electrons. The van der Waals surface area contributed by atoms with Crippen molar-refractivity contribution >= 4 is 16.9 Å². The fourth-order valence-electron chi connectivity index (χ4n) is 2.61. The highest BCUT2D eigenvalue weighted by atomic mass is 16.7.